The van der Waals surface area contributed by atoms with Crippen molar-refractivity contribution in [1.29, 1.82) is 5.26 Å². The Labute approximate surface area is 141 Å². The molecule has 0 aromatic heterocycles. The van der Waals surface area contributed by atoms with E-state index in [1.54, 1.807) is 23.1 Å². The van der Waals surface area contributed by atoms with E-state index in [1.165, 1.54) is 12.3 Å². The van der Waals surface area contributed by atoms with Gasteiger partial charge in [-0.05, 0) is 31.9 Å². The molecule has 5 nitrogen and oxygen atoms in total. The van der Waals surface area contributed by atoms with Crippen molar-refractivity contribution in [2.45, 2.75) is 32.5 Å². The summed E-state index contributed by atoms with van der Waals surface area (Å²) in [6, 6.07) is 8.48. The van der Waals surface area contributed by atoms with Crippen molar-refractivity contribution < 1.29 is 13.9 Å². The molecule has 0 aliphatic carbocycles. The summed E-state index contributed by atoms with van der Waals surface area (Å²) in [5.41, 5.74) is 0.642. The molecule has 2 unspecified atom stereocenters. The molecule has 0 saturated carbocycles. The molecule has 2 rings (SSSR count). The normalized spacial score (nSPS) is 21.2. The number of halogens is 1. The smallest absolute Gasteiger partial charge is 0.266 e. The fraction of sp³-hybridized carbons (Fsp3) is 0.444. The molecule has 0 spiro atoms. The number of morpholine rings is 1. The monoisotopic (exact) mass is 331 g/mol. The zero-order valence-electron chi connectivity index (χ0n) is 14.0. The summed E-state index contributed by atoms with van der Waals surface area (Å²) in [4.78, 5) is 14.0. The largest absolute Gasteiger partial charge is 0.389 e. The van der Waals surface area contributed by atoms with Crippen LogP contribution in [0.2, 0.25) is 0 Å². The van der Waals surface area contributed by atoms with Crippen LogP contribution in [0.3, 0.4) is 0 Å². The highest BCUT2D eigenvalue weighted by Crippen LogP contribution is 2.13. The molecule has 6 heteroatoms. The van der Waals surface area contributed by atoms with E-state index in [0.29, 0.717) is 31.6 Å². The lowest BCUT2D eigenvalue weighted by Gasteiger charge is -2.35. The molecular weight excluding hydrogens is 309 g/mol. The molecule has 2 atom stereocenters. The molecule has 1 aliphatic heterocycles. The van der Waals surface area contributed by atoms with Crippen molar-refractivity contribution in [3.05, 3.63) is 47.4 Å². The number of hydrogen-bond donors (Lipinski definition) is 1. The number of nitriles is 1. The highest BCUT2D eigenvalue weighted by atomic mass is 19.1. The van der Waals surface area contributed by atoms with Crippen LogP contribution in [-0.4, -0.2) is 42.6 Å². The highest BCUT2D eigenvalue weighted by Gasteiger charge is 2.27. The summed E-state index contributed by atoms with van der Waals surface area (Å²) in [6.45, 7) is 5.18. The number of nitrogens with zero attached hydrogens (tertiary/aromatic N) is 2. The molecule has 1 aromatic rings. The predicted octanol–water partition coefficient (Wildman–Crippen LogP) is 2.00. The number of hydrogen-bond acceptors (Lipinski definition) is 4. The lowest BCUT2D eigenvalue weighted by atomic mass is 10.1. The summed E-state index contributed by atoms with van der Waals surface area (Å²) < 4.78 is 19.1. The van der Waals surface area contributed by atoms with Crippen LogP contribution < -0.4 is 5.32 Å². The van der Waals surface area contributed by atoms with Gasteiger partial charge in [-0.25, -0.2) is 4.39 Å². The van der Waals surface area contributed by atoms with Gasteiger partial charge in [0, 0.05) is 25.8 Å². The van der Waals surface area contributed by atoms with Crippen LogP contribution in [-0.2, 0) is 16.0 Å². The van der Waals surface area contributed by atoms with Gasteiger partial charge >= 0.3 is 0 Å². The van der Waals surface area contributed by atoms with Crippen molar-refractivity contribution >= 4 is 5.91 Å². The maximum absolute atomic E-state index is 13.5. The third-order valence-corrected chi connectivity index (χ3v) is 3.80. The number of rotatable bonds is 5. The maximum Gasteiger partial charge on any atom is 0.266 e. The first-order valence-corrected chi connectivity index (χ1v) is 8.03. The van der Waals surface area contributed by atoms with Crippen LogP contribution in [0.15, 0.2) is 36.0 Å². The van der Waals surface area contributed by atoms with E-state index in [1.807, 2.05) is 19.9 Å². The third-order valence-electron chi connectivity index (χ3n) is 3.80. The van der Waals surface area contributed by atoms with Crippen LogP contribution in [0.4, 0.5) is 4.39 Å². The average Bonchev–Trinajstić information content (AvgIpc) is 2.55. The lowest BCUT2D eigenvalue weighted by Crippen LogP contribution is -2.48. The molecule has 1 saturated heterocycles. The number of carbonyl (C=O) groups excluding carboxylic acids is 1. The average molecular weight is 331 g/mol. The van der Waals surface area contributed by atoms with Crippen molar-refractivity contribution in [2.24, 2.45) is 0 Å². The molecule has 1 N–H and O–H groups in total. The summed E-state index contributed by atoms with van der Waals surface area (Å²) in [5.74, 6) is -0.561. The summed E-state index contributed by atoms with van der Waals surface area (Å²) >= 11 is 0. The molecule has 1 aromatic carbocycles. The van der Waals surface area contributed by atoms with E-state index >= 15 is 0 Å². The third kappa shape index (κ3) is 4.80. The van der Waals surface area contributed by atoms with Crippen molar-refractivity contribution in [2.75, 3.05) is 19.6 Å². The minimum absolute atomic E-state index is 0.0461. The van der Waals surface area contributed by atoms with E-state index in [0.717, 1.165) is 0 Å². The first-order valence-electron chi connectivity index (χ1n) is 8.03. The Hall–Kier alpha value is -2.39. The fourth-order valence-electron chi connectivity index (χ4n) is 2.74. The molecule has 1 fully saturated rings. The maximum atomic E-state index is 13.5. The quantitative estimate of drug-likeness (QED) is 0.509. The second-order valence-corrected chi connectivity index (χ2v) is 5.93. The van der Waals surface area contributed by atoms with E-state index in [4.69, 9.17) is 4.74 Å². The van der Waals surface area contributed by atoms with E-state index in [2.05, 4.69) is 5.32 Å². The number of benzene rings is 1. The summed E-state index contributed by atoms with van der Waals surface area (Å²) in [5, 5.41) is 12.1. The van der Waals surface area contributed by atoms with Gasteiger partial charge in [-0.3, -0.25) is 4.79 Å². The van der Waals surface area contributed by atoms with Gasteiger partial charge in [0.1, 0.15) is 17.5 Å². The predicted molar refractivity (Wildman–Crippen MR) is 88.4 cm³/mol. The van der Waals surface area contributed by atoms with Crippen molar-refractivity contribution in [3.63, 3.8) is 0 Å². The van der Waals surface area contributed by atoms with Gasteiger partial charge < -0.3 is 15.0 Å². The number of amides is 1. The van der Waals surface area contributed by atoms with E-state index in [-0.39, 0.29) is 29.5 Å². The number of nitrogens with one attached hydrogen (secondary N) is 1. The van der Waals surface area contributed by atoms with Crippen LogP contribution >= 0.6 is 0 Å². The Morgan fingerprint density at radius 3 is 2.71 bits per heavy atom. The zero-order valence-corrected chi connectivity index (χ0v) is 14.0. The molecule has 1 heterocycles. The van der Waals surface area contributed by atoms with Crippen LogP contribution in [0, 0.1) is 17.1 Å². The summed E-state index contributed by atoms with van der Waals surface area (Å²) in [7, 11) is 0. The topological polar surface area (TPSA) is 65.4 Å². The Kier molecular flexibility index (Phi) is 6.33. The summed E-state index contributed by atoms with van der Waals surface area (Å²) in [6.07, 6.45) is 1.79. The SMILES string of the molecule is CC1CN(C(=O)/C(C#N)=C\NCCc2ccccc2F)CC(C)O1. The van der Waals surface area contributed by atoms with Gasteiger partial charge in [0.15, 0.2) is 0 Å². The van der Waals surface area contributed by atoms with Gasteiger partial charge in [-0.15, -0.1) is 0 Å². The molecular formula is C18H22FN3O2. The number of carbonyl (C=O) groups is 1. The van der Waals surface area contributed by atoms with Gasteiger partial charge in [0.25, 0.3) is 5.91 Å². The molecule has 0 bridgehead atoms. The molecule has 128 valence electrons. The van der Waals surface area contributed by atoms with E-state index < -0.39 is 0 Å². The zero-order chi connectivity index (χ0) is 17.5. The van der Waals surface area contributed by atoms with Crippen LogP contribution in [0.5, 0.6) is 0 Å². The Morgan fingerprint density at radius 2 is 2.08 bits per heavy atom. The van der Waals surface area contributed by atoms with Crippen LogP contribution in [0.25, 0.3) is 0 Å². The fourth-order valence-corrected chi connectivity index (χ4v) is 2.74. The van der Waals surface area contributed by atoms with Crippen molar-refractivity contribution in [3.8, 4) is 6.07 Å². The first kappa shape index (κ1) is 18.0. The minimum Gasteiger partial charge on any atom is -0.389 e. The van der Waals surface area contributed by atoms with Crippen molar-refractivity contribution in [1.82, 2.24) is 10.2 Å². The Bertz CT molecular complexity index is 644. The Balaban J connectivity index is 1.90. The number of ether oxygens (including phenoxy) is 1. The van der Waals surface area contributed by atoms with Crippen LogP contribution in [0.1, 0.15) is 19.4 Å². The van der Waals surface area contributed by atoms with Gasteiger partial charge in [0.05, 0.1) is 12.2 Å². The lowest BCUT2D eigenvalue weighted by molar-refractivity contribution is -0.138. The van der Waals surface area contributed by atoms with E-state index in [9.17, 15) is 14.4 Å². The highest BCUT2D eigenvalue weighted by molar-refractivity contribution is 5.97. The molecule has 24 heavy (non-hydrogen) atoms. The molecule has 1 aliphatic rings. The molecule has 0 radical (unpaired) electrons. The van der Waals surface area contributed by atoms with Gasteiger partial charge in [-0.2, -0.15) is 5.26 Å². The Morgan fingerprint density at radius 1 is 1.42 bits per heavy atom. The first-order chi connectivity index (χ1) is 11.5. The second kappa shape index (κ2) is 8.46. The van der Waals surface area contributed by atoms with Gasteiger partial charge in [-0.1, -0.05) is 18.2 Å². The standard InChI is InChI=1S/C18H22FN3O2/c1-13-11-22(12-14(2)24-13)18(23)16(9-20)10-21-8-7-15-5-3-4-6-17(15)19/h3-6,10,13-14,21H,7-8,11-12H2,1-2H3/b16-10-. The van der Waals surface area contributed by atoms with Gasteiger partial charge in [0.2, 0.25) is 0 Å². The second-order valence-electron chi connectivity index (χ2n) is 5.93. The molecule has 1 amide bonds. The minimum atomic E-state index is -0.308.